The fourth-order valence-electron chi connectivity index (χ4n) is 3.79. The van der Waals surface area contributed by atoms with Crippen molar-refractivity contribution in [2.45, 2.75) is 25.7 Å². The lowest BCUT2D eigenvalue weighted by Gasteiger charge is -2.31. The standard InChI is InChI=1S/C21H21N7/c1-14-4-5-16-18(11-14)26-20(25-16)15-3-2-10-28(13-15)21-24-7-6-17(27-21)19-12-22-8-9-23-19/h4-9,11-12,15H,2-3,10,13H2,1H3,(H,25,26). The van der Waals surface area contributed by atoms with E-state index in [9.17, 15) is 0 Å². The second kappa shape index (κ2) is 6.99. The summed E-state index contributed by atoms with van der Waals surface area (Å²) in [6.07, 6.45) is 9.05. The van der Waals surface area contributed by atoms with Gasteiger partial charge in [0.2, 0.25) is 5.95 Å². The van der Waals surface area contributed by atoms with Crippen LogP contribution in [0.3, 0.4) is 0 Å². The number of anilines is 1. The van der Waals surface area contributed by atoms with Gasteiger partial charge in [0.25, 0.3) is 0 Å². The van der Waals surface area contributed by atoms with Gasteiger partial charge in [0.1, 0.15) is 11.5 Å². The Morgan fingerprint density at radius 3 is 2.89 bits per heavy atom. The fraction of sp³-hybridized carbons (Fsp3) is 0.286. The molecule has 0 radical (unpaired) electrons. The number of H-pyrrole nitrogens is 1. The molecule has 5 rings (SSSR count). The van der Waals surface area contributed by atoms with Gasteiger partial charge in [-0.05, 0) is 43.5 Å². The number of benzene rings is 1. The van der Waals surface area contributed by atoms with Crippen LogP contribution in [0.2, 0.25) is 0 Å². The van der Waals surface area contributed by atoms with E-state index in [1.807, 2.05) is 6.07 Å². The second-order valence-electron chi connectivity index (χ2n) is 7.26. The molecule has 0 spiro atoms. The molecule has 4 aromatic rings. The van der Waals surface area contributed by atoms with Crippen molar-refractivity contribution in [2.24, 2.45) is 0 Å². The van der Waals surface area contributed by atoms with Crippen molar-refractivity contribution < 1.29 is 0 Å². The molecule has 0 saturated carbocycles. The number of aromatic nitrogens is 6. The maximum atomic E-state index is 4.83. The third-order valence-corrected chi connectivity index (χ3v) is 5.22. The summed E-state index contributed by atoms with van der Waals surface area (Å²) >= 11 is 0. The smallest absolute Gasteiger partial charge is 0.225 e. The maximum Gasteiger partial charge on any atom is 0.225 e. The monoisotopic (exact) mass is 371 g/mol. The van der Waals surface area contributed by atoms with Gasteiger partial charge < -0.3 is 9.88 Å². The Morgan fingerprint density at radius 2 is 2.00 bits per heavy atom. The third kappa shape index (κ3) is 3.19. The Kier molecular flexibility index (Phi) is 4.20. The van der Waals surface area contributed by atoms with Gasteiger partial charge in [-0.1, -0.05) is 6.07 Å². The van der Waals surface area contributed by atoms with Crippen LogP contribution in [0.25, 0.3) is 22.4 Å². The number of hydrogen-bond acceptors (Lipinski definition) is 6. The van der Waals surface area contributed by atoms with Gasteiger partial charge in [-0.15, -0.1) is 0 Å². The van der Waals surface area contributed by atoms with Crippen molar-refractivity contribution in [3.63, 3.8) is 0 Å². The van der Waals surface area contributed by atoms with Crippen LogP contribution in [0.1, 0.15) is 30.1 Å². The molecular formula is C21H21N7. The highest BCUT2D eigenvalue weighted by Gasteiger charge is 2.25. The SMILES string of the molecule is Cc1ccc2nc(C3CCCN(c4nccc(-c5cnccn5)n4)C3)[nH]c2c1. The molecule has 0 aliphatic carbocycles. The minimum absolute atomic E-state index is 0.338. The van der Waals surface area contributed by atoms with Crippen LogP contribution in [0.15, 0.2) is 49.1 Å². The van der Waals surface area contributed by atoms with Crippen molar-refractivity contribution in [1.29, 1.82) is 0 Å². The lowest BCUT2D eigenvalue weighted by molar-refractivity contribution is 0.489. The minimum atomic E-state index is 0.338. The van der Waals surface area contributed by atoms with Gasteiger partial charge in [-0.3, -0.25) is 9.97 Å². The zero-order valence-corrected chi connectivity index (χ0v) is 15.7. The lowest BCUT2D eigenvalue weighted by Crippen LogP contribution is -2.36. The summed E-state index contributed by atoms with van der Waals surface area (Å²) in [7, 11) is 0. The molecule has 0 amide bonds. The van der Waals surface area contributed by atoms with E-state index in [2.05, 4.69) is 50.0 Å². The normalized spacial score (nSPS) is 17.2. The quantitative estimate of drug-likeness (QED) is 0.593. The molecule has 1 aliphatic rings. The fourth-order valence-corrected chi connectivity index (χ4v) is 3.79. The van der Waals surface area contributed by atoms with Crippen LogP contribution < -0.4 is 4.90 Å². The summed E-state index contributed by atoms with van der Waals surface area (Å²) < 4.78 is 0. The van der Waals surface area contributed by atoms with E-state index in [0.717, 1.165) is 60.1 Å². The number of imidazole rings is 1. The van der Waals surface area contributed by atoms with Crippen molar-refractivity contribution in [1.82, 2.24) is 29.9 Å². The van der Waals surface area contributed by atoms with E-state index in [0.29, 0.717) is 5.92 Å². The van der Waals surface area contributed by atoms with E-state index in [4.69, 9.17) is 9.97 Å². The summed E-state index contributed by atoms with van der Waals surface area (Å²) in [5.41, 5.74) is 4.92. The first kappa shape index (κ1) is 16.8. The summed E-state index contributed by atoms with van der Waals surface area (Å²) in [4.78, 5) is 28.3. The Hall–Kier alpha value is -3.35. The molecule has 1 N–H and O–H groups in total. The molecule has 140 valence electrons. The van der Waals surface area contributed by atoms with Gasteiger partial charge in [0.05, 0.1) is 22.9 Å². The summed E-state index contributed by atoms with van der Waals surface area (Å²) in [5.74, 6) is 2.13. The topological polar surface area (TPSA) is 83.5 Å². The van der Waals surface area contributed by atoms with Crippen molar-refractivity contribution in [2.75, 3.05) is 18.0 Å². The minimum Gasteiger partial charge on any atom is -0.342 e. The van der Waals surface area contributed by atoms with Crippen LogP contribution in [0.5, 0.6) is 0 Å². The van der Waals surface area contributed by atoms with Crippen molar-refractivity contribution in [3.8, 4) is 11.4 Å². The number of rotatable bonds is 3. The number of nitrogens with one attached hydrogen (secondary N) is 1. The van der Waals surface area contributed by atoms with Gasteiger partial charge >= 0.3 is 0 Å². The lowest BCUT2D eigenvalue weighted by atomic mass is 9.97. The first-order valence-corrected chi connectivity index (χ1v) is 9.57. The maximum absolute atomic E-state index is 4.83. The van der Waals surface area contributed by atoms with E-state index in [1.165, 1.54) is 5.56 Å². The van der Waals surface area contributed by atoms with Gasteiger partial charge in [-0.2, -0.15) is 0 Å². The summed E-state index contributed by atoms with van der Waals surface area (Å²) in [6.45, 7) is 3.90. The molecule has 0 bridgehead atoms. The number of fused-ring (bicyclic) bond motifs is 1. The largest absolute Gasteiger partial charge is 0.342 e. The molecule has 1 atom stereocenters. The van der Waals surface area contributed by atoms with E-state index >= 15 is 0 Å². The molecule has 7 heteroatoms. The number of piperidine rings is 1. The first-order valence-electron chi connectivity index (χ1n) is 9.57. The molecule has 3 aromatic heterocycles. The first-order chi connectivity index (χ1) is 13.8. The Morgan fingerprint density at radius 1 is 1.04 bits per heavy atom. The molecule has 7 nitrogen and oxygen atoms in total. The van der Waals surface area contributed by atoms with Crippen LogP contribution >= 0.6 is 0 Å². The van der Waals surface area contributed by atoms with Crippen molar-refractivity contribution >= 4 is 17.0 Å². The zero-order valence-electron chi connectivity index (χ0n) is 15.7. The van der Waals surface area contributed by atoms with Gasteiger partial charge in [0, 0.05) is 37.6 Å². The molecule has 1 aromatic carbocycles. The van der Waals surface area contributed by atoms with Crippen LogP contribution in [0.4, 0.5) is 5.95 Å². The average molecular weight is 371 g/mol. The van der Waals surface area contributed by atoms with E-state index in [1.54, 1.807) is 24.8 Å². The van der Waals surface area contributed by atoms with Gasteiger partial charge in [0.15, 0.2) is 0 Å². The summed E-state index contributed by atoms with van der Waals surface area (Å²) in [5, 5.41) is 0. The highest BCUT2D eigenvalue weighted by Crippen LogP contribution is 2.29. The molecule has 4 heterocycles. The highest BCUT2D eigenvalue weighted by atomic mass is 15.3. The zero-order chi connectivity index (χ0) is 18.9. The van der Waals surface area contributed by atoms with Crippen molar-refractivity contribution in [3.05, 3.63) is 60.4 Å². The summed E-state index contributed by atoms with van der Waals surface area (Å²) in [6, 6.07) is 8.21. The predicted octanol–water partition coefficient (Wildman–Crippen LogP) is 3.50. The number of nitrogens with zero attached hydrogens (tertiary/aromatic N) is 6. The number of aryl methyl sites for hydroxylation is 1. The molecule has 1 fully saturated rings. The Labute approximate surface area is 162 Å². The number of hydrogen-bond donors (Lipinski definition) is 1. The second-order valence-corrected chi connectivity index (χ2v) is 7.26. The molecule has 1 saturated heterocycles. The molecule has 1 unspecified atom stereocenters. The molecule has 28 heavy (non-hydrogen) atoms. The highest BCUT2D eigenvalue weighted by molar-refractivity contribution is 5.76. The van der Waals surface area contributed by atoms with Gasteiger partial charge in [-0.25, -0.2) is 15.0 Å². The van der Waals surface area contributed by atoms with Crippen LogP contribution in [-0.2, 0) is 0 Å². The molecular weight excluding hydrogens is 350 g/mol. The third-order valence-electron chi connectivity index (χ3n) is 5.22. The van der Waals surface area contributed by atoms with Crippen LogP contribution in [0, 0.1) is 6.92 Å². The average Bonchev–Trinajstić information content (AvgIpc) is 3.18. The Balaban J connectivity index is 1.41. The number of aromatic amines is 1. The van der Waals surface area contributed by atoms with Crippen LogP contribution in [-0.4, -0.2) is 43.0 Å². The molecule has 1 aliphatic heterocycles. The van der Waals surface area contributed by atoms with E-state index < -0.39 is 0 Å². The predicted molar refractivity (Wildman–Crippen MR) is 108 cm³/mol. The van der Waals surface area contributed by atoms with E-state index in [-0.39, 0.29) is 0 Å². The Bertz CT molecular complexity index is 1110.